The van der Waals surface area contributed by atoms with Crippen LogP contribution in [0.15, 0.2) is 48.8 Å². The molecule has 3 aromatic rings. The van der Waals surface area contributed by atoms with Gasteiger partial charge < -0.3 is 0 Å². The van der Waals surface area contributed by atoms with Gasteiger partial charge in [-0.05, 0) is 18.2 Å². The van der Waals surface area contributed by atoms with Gasteiger partial charge >= 0.3 is 0 Å². The average Bonchev–Trinajstić information content (AvgIpc) is 2.78. The Bertz CT molecular complexity index is 584. The molecule has 1 aromatic carbocycles. The lowest BCUT2D eigenvalue weighted by Gasteiger charge is -2.00. The van der Waals surface area contributed by atoms with E-state index in [2.05, 4.69) is 21.2 Å². The van der Waals surface area contributed by atoms with Crippen molar-refractivity contribution in [3.05, 3.63) is 48.8 Å². The monoisotopic (exact) mass is 195 g/mol. The van der Waals surface area contributed by atoms with Crippen molar-refractivity contribution < 1.29 is 0 Å². The van der Waals surface area contributed by atoms with Gasteiger partial charge in [-0.15, -0.1) is 0 Å². The Morgan fingerprint density at radius 3 is 2.87 bits per heavy atom. The molecule has 15 heavy (non-hydrogen) atoms. The second-order valence-electron chi connectivity index (χ2n) is 3.35. The number of nitrogens with zero attached hydrogens (tertiary/aromatic N) is 2. The summed E-state index contributed by atoms with van der Waals surface area (Å²) in [5.74, 6) is 0. The highest BCUT2D eigenvalue weighted by Crippen LogP contribution is 2.25. The molecule has 0 saturated carbocycles. The number of H-pyrrole nitrogens is 1. The normalized spacial score (nSPS) is 10.7. The maximum Gasteiger partial charge on any atom is 0.0709 e. The lowest BCUT2D eigenvalue weighted by Crippen LogP contribution is -1.82. The number of nitrogens with one attached hydrogen (secondary N) is 1. The Morgan fingerprint density at radius 2 is 2.00 bits per heavy atom. The SMILES string of the molecule is c1ccc(-c2cccc3[nH]ncc23)nc1. The molecule has 1 N–H and O–H groups in total. The molecular formula is C12H9N3. The molecule has 0 bridgehead atoms. The Kier molecular flexibility index (Phi) is 1.75. The molecule has 0 radical (unpaired) electrons. The number of hydrogen-bond donors (Lipinski definition) is 1. The van der Waals surface area contributed by atoms with Crippen molar-refractivity contribution in [2.75, 3.05) is 0 Å². The van der Waals surface area contributed by atoms with E-state index >= 15 is 0 Å². The van der Waals surface area contributed by atoms with Crippen molar-refractivity contribution in [2.24, 2.45) is 0 Å². The van der Waals surface area contributed by atoms with E-state index in [9.17, 15) is 0 Å². The molecule has 0 aliphatic rings. The van der Waals surface area contributed by atoms with Gasteiger partial charge in [0, 0.05) is 17.1 Å². The van der Waals surface area contributed by atoms with Crippen LogP contribution in [0.5, 0.6) is 0 Å². The number of hydrogen-bond acceptors (Lipinski definition) is 2. The first-order valence-corrected chi connectivity index (χ1v) is 4.78. The number of fused-ring (bicyclic) bond motifs is 1. The molecule has 0 saturated heterocycles. The largest absolute Gasteiger partial charge is 0.278 e. The molecule has 3 nitrogen and oxygen atoms in total. The summed E-state index contributed by atoms with van der Waals surface area (Å²) < 4.78 is 0. The minimum atomic E-state index is 0.976. The van der Waals surface area contributed by atoms with Crippen LogP contribution in [0.2, 0.25) is 0 Å². The smallest absolute Gasteiger partial charge is 0.0709 e. The third-order valence-electron chi connectivity index (χ3n) is 2.43. The first kappa shape index (κ1) is 8.17. The first-order valence-electron chi connectivity index (χ1n) is 4.78. The fraction of sp³-hybridized carbons (Fsp3) is 0. The van der Waals surface area contributed by atoms with Gasteiger partial charge in [0.05, 0.1) is 17.4 Å². The minimum Gasteiger partial charge on any atom is -0.278 e. The fourth-order valence-corrected chi connectivity index (χ4v) is 1.71. The lowest BCUT2D eigenvalue weighted by molar-refractivity contribution is 1.12. The van der Waals surface area contributed by atoms with Crippen LogP contribution < -0.4 is 0 Å². The summed E-state index contributed by atoms with van der Waals surface area (Å²) in [7, 11) is 0. The quantitative estimate of drug-likeness (QED) is 0.648. The molecule has 0 aliphatic carbocycles. The molecule has 0 spiro atoms. The van der Waals surface area contributed by atoms with Gasteiger partial charge in [0.1, 0.15) is 0 Å². The highest BCUT2D eigenvalue weighted by Gasteiger charge is 2.04. The second kappa shape index (κ2) is 3.20. The first-order chi connectivity index (χ1) is 7.45. The Hall–Kier alpha value is -2.16. The van der Waals surface area contributed by atoms with Gasteiger partial charge in [-0.2, -0.15) is 5.10 Å². The number of benzene rings is 1. The molecule has 0 atom stereocenters. The molecule has 0 unspecified atom stereocenters. The second-order valence-corrected chi connectivity index (χ2v) is 3.35. The third kappa shape index (κ3) is 1.29. The predicted molar refractivity (Wildman–Crippen MR) is 59.3 cm³/mol. The number of pyridine rings is 1. The zero-order chi connectivity index (χ0) is 10.1. The Morgan fingerprint density at radius 1 is 1.00 bits per heavy atom. The summed E-state index contributed by atoms with van der Waals surface area (Å²) in [6.45, 7) is 0. The molecule has 0 amide bonds. The van der Waals surface area contributed by atoms with Gasteiger partial charge in [0.15, 0.2) is 0 Å². The van der Waals surface area contributed by atoms with E-state index in [1.165, 1.54) is 0 Å². The van der Waals surface area contributed by atoms with Crippen molar-refractivity contribution in [1.82, 2.24) is 15.2 Å². The lowest BCUT2D eigenvalue weighted by atomic mass is 10.1. The molecule has 2 heterocycles. The molecular weight excluding hydrogens is 186 g/mol. The summed E-state index contributed by atoms with van der Waals surface area (Å²) in [5, 5.41) is 8.09. The van der Waals surface area contributed by atoms with Crippen LogP contribution in [0.4, 0.5) is 0 Å². The van der Waals surface area contributed by atoms with E-state index in [4.69, 9.17) is 0 Å². The summed E-state index contributed by atoms with van der Waals surface area (Å²) in [5.41, 5.74) is 3.13. The van der Waals surface area contributed by atoms with Crippen LogP contribution in [-0.4, -0.2) is 15.2 Å². The summed E-state index contributed by atoms with van der Waals surface area (Å²) in [6.07, 6.45) is 3.63. The minimum absolute atomic E-state index is 0.976. The van der Waals surface area contributed by atoms with Gasteiger partial charge in [0.25, 0.3) is 0 Å². The van der Waals surface area contributed by atoms with Crippen LogP contribution in [0.1, 0.15) is 0 Å². The van der Waals surface area contributed by atoms with Crippen molar-refractivity contribution in [3.8, 4) is 11.3 Å². The van der Waals surface area contributed by atoms with Crippen LogP contribution >= 0.6 is 0 Å². The summed E-state index contributed by atoms with van der Waals surface area (Å²) >= 11 is 0. The zero-order valence-corrected chi connectivity index (χ0v) is 8.01. The molecule has 0 fully saturated rings. The Balaban J connectivity index is 2.31. The molecule has 72 valence electrons. The summed E-state index contributed by atoms with van der Waals surface area (Å²) in [4.78, 5) is 4.34. The average molecular weight is 195 g/mol. The van der Waals surface area contributed by atoms with E-state index in [0.717, 1.165) is 22.2 Å². The molecule has 0 aliphatic heterocycles. The van der Waals surface area contributed by atoms with Crippen LogP contribution in [0, 0.1) is 0 Å². The van der Waals surface area contributed by atoms with E-state index in [0.29, 0.717) is 0 Å². The van der Waals surface area contributed by atoms with Crippen LogP contribution in [-0.2, 0) is 0 Å². The van der Waals surface area contributed by atoms with Gasteiger partial charge in [-0.3, -0.25) is 10.1 Å². The van der Waals surface area contributed by atoms with E-state index in [1.54, 1.807) is 6.20 Å². The number of aromatic amines is 1. The number of aromatic nitrogens is 3. The van der Waals surface area contributed by atoms with E-state index in [1.807, 2.05) is 36.5 Å². The zero-order valence-electron chi connectivity index (χ0n) is 8.01. The van der Waals surface area contributed by atoms with E-state index < -0.39 is 0 Å². The van der Waals surface area contributed by atoms with Crippen molar-refractivity contribution in [2.45, 2.75) is 0 Å². The standard InChI is InChI=1S/C12H9N3/c1-2-7-13-11(5-1)9-4-3-6-12-10(9)8-14-15-12/h1-8H,(H,14,15). The maximum absolute atomic E-state index is 4.34. The van der Waals surface area contributed by atoms with Crippen molar-refractivity contribution in [1.29, 1.82) is 0 Å². The summed E-state index contributed by atoms with van der Waals surface area (Å²) in [6, 6.07) is 12.0. The molecule has 3 heteroatoms. The Labute approximate surface area is 86.8 Å². The van der Waals surface area contributed by atoms with E-state index in [-0.39, 0.29) is 0 Å². The van der Waals surface area contributed by atoms with Gasteiger partial charge in [-0.25, -0.2) is 0 Å². The topological polar surface area (TPSA) is 41.6 Å². The number of rotatable bonds is 1. The third-order valence-corrected chi connectivity index (χ3v) is 2.43. The maximum atomic E-state index is 4.34. The highest BCUT2D eigenvalue weighted by atomic mass is 15.1. The van der Waals surface area contributed by atoms with Gasteiger partial charge in [0.2, 0.25) is 0 Å². The molecule has 3 rings (SSSR count). The predicted octanol–water partition coefficient (Wildman–Crippen LogP) is 2.62. The van der Waals surface area contributed by atoms with Crippen LogP contribution in [0.3, 0.4) is 0 Å². The van der Waals surface area contributed by atoms with Crippen molar-refractivity contribution >= 4 is 10.9 Å². The van der Waals surface area contributed by atoms with Crippen LogP contribution in [0.25, 0.3) is 22.2 Å². The van der Waals surface area contributed by atoms with Crippen molar-refractivity contribution in [3.63, 3.8) is 0 Å². The molecule has 2 aromatic heterocycles. The highest BCUT2D eigenvalue weighted by molar-refractivity contribution is 5.93. The fourth-order valence-electron chi connectivity index (χ4n) is 1.71. The van der Waals surface area contributed by atoms with Gasteiger partial charge in [-0.1, -0.05) is 18.2 Å².